The van der Waals surface area contributed by atoms with Gasteiger partial charge in [0, 0.05) is 32.8 Å². The summed E-state index contributed by atoms with van der Waals surface area (Å²) in [6, 6.07) is 46.8. The molecule has 0 spiro atoms. The van der Waals surface area contributed by atoms with Gasteiger partial charge in [-0.15, -0.1) is 0 Å². The van der Waals surface area contributed by atoms with E-state index < -0.39 is 0 Å². The van der Waals surface area contributed by atoms with Gasteiger partial charge in [0.1, 0.15) is 5.58 Å². The molecule has 0 fully saturated rings. The van der Waals surface area contributed by atoms with Gasteiger partial charge in [0.25, 0.3) is 0 Å². The van der Waals surface area contributed by atoms with Crippen LogP contribution in [0.2, 0.25) is 0 Å². The van der Waals surface area contributed by atoms with Gasteiger partial charge in [-0.25, -0.2) is 4.98 Å². The maximum atomic E-state index is 6.88. The highest BCUT2D eigenvalue weighted by molar-refractivity contribution is 6.37. The van der Waals surface area contributed by atoms with Crippen molar-refractivity contribution < 1.29 is 4.42 Å². The summed E-state index contributed by atoms with van der Waals surface area (Å²) in [5, 5.41) is 9.51. The van der Waals surface area contributed by atoms with Crippen LogP contribution in [0.3, 0.4) is 0 Å². The Kier molecular flexibility index (Phi) is 4.69. The van der Waals surface area contributed by atoms with Gasteiger partial charge in [0.2, 0.25) is 0 Å². The van der Waals surface area contributed by atoms with Gasteiger partial charge in [0.05, 0.1) is 34.0 Å². The first-order valence-electron chi connectivity index (χ1n) is 14.8. The van der Waals surface area contributed by atoms with Crippen LogP contribution in [0.5, 0.6) is 0 Å². The molecule has 0 saturated heterocycles. The van der Waals surface area contributed by atoms with E-state index in [0.29, 0.717) is 0 Å². The van der Waals surface area contributed by atoms with Gasteiger partial charge in [-0.3, -0.25) is 4.98 Å². The summed E-state index contributed by atoms with van der Waals surface area (Å²) in [6.45, 7) is 0. The summed E-state index contributed by atoms with van der Waals surface area (Å²) in [7, 11) is 0. The average molecular weight is 562 g/mol. The van der Waals surface area contributed by atoms with Crippen LogP contribution < -0.4 is 0 Å². The minimum absolute atomic E-state index is 0.848. The van der Waals surface area contributed by atoms with E-state index >= 15 is 0 Å². The van der Waals surface area contributed by atoms with Gasteiger partial charge >= 0.3 is 0 Å². The molecule has 3 heterocycles. The number of nitrogens with zero attached hydrogens (tertiary/aromatic N) is 3. The van der Waals surface area contributed by atoms with Gasteiger partial charge in [-0.1, -0.05) is 103 Å². The monoisotopic (exact) mass is 561 g/mol. The highest BCUT2D eigenvalue weighted by Gasteiger charge is 2.23. The summed E-state index contributed by atoms with van der Waals surface area (Å²) in [5.41, 5.74) is 8.63. The van der Waals surface area contributed by atoms with Crippen LogP contribution in [-0.2, 0) is 0 Å². The van der Waals surface area contributed by atoms with Crippen molar-refractivity contribution in [2.45, 2.75) is 0 Å². The van der Waals surface area contributed by atoms with Crippen molar-refractivity contribution in [3.63, 3.8) is 0 Å². The minimum atomic E-state index is 0.848. The van der Waals surface area contributed by atoms with E-state index in [-0.39, 0.29) is 0 Å². The fourth-order valence-corrected chi connectivity index (χ4v) is 7.09. The number of hydrogen-bond acceptors (Lipinski definition) is 3. The first kappa shape index (κ1) is 23.6. The van der Waals surface area contributed by atoms with E-state index in [2.05, 4.69) is 120 Å². The van der Waals surface area contributed by atoms with Crippen molar-refractivity contribution in [2.75, 3.05) is 0 Å². The molecule has 3 aromatic heterocycles. The van der Waals surface area contributed by atoms with Crippen molar-refractivity contribution in [2.24, 2.45) is 0 Å². The average Bonchev–Trinajstić information content (AvgIpc) is 3.66. The van der Waals surface area contributed by atoms with Crippen LogP contribution in [-0.4, -0.2) is 14.5 Å². The van der Waals surface area contributed by atoms with Crippen molar-refractivity contribution in [1.82, 2.24) is 14.5 Å². The van der Waals surface area contributed by atoms with Gasteiger partial charge in [-0.2, -0.15) is 0 Å². The number of para-hydroxylation sites is 1. The summed E-state index contributed by atoms with van der Waals surface area (Å²) in [6.07, 6.45) is 1.86. The Morgan fingerprint density at radius 3 is 2.14 bits per heavy atom. The number of rotatable bonds is 2. The van der Waals surface area contributed by atoms with Crippen molar-refractivity contribution in [3.05, 3.63) is 140 Å². The third kappa shape index (κ3) is 3.17. The molecule has 44 heavy (non-hydrogen) atoms. The standard InChI is InChI=1S/C40H23N3O/c1-2-11-25(12-3-1)33-23-41-32-22-26(19-20-31(32)42-33)43-34-17-9-8-16-30(34)36-28-14-6-7-15-29(28)38-37-27-13-5-4-10-24(27)18-21-35(37)44-40(38)39(36)43/h1-23H. The third-order valence-corrected chi connectivity index (χ3v) is 8.99. The number of hydrogen-bond donors (Lipinski definition) is 0. The van der Waals surface area contributed by atoms with E-state index in [1.807, 2.05) is 24.4 Å². The summed E-state index contributed by atoms with van der Waals surface area (Å²) in [5.74, 6) is 0. The SMILES string of the molecule is c1ccc(-c2cnc3cc(-n4c5ccccc5c5c6ccccc6c6c(oc7ccc8ccccc8c76)c54)ccc3n2)cc1. The number of furan rings is 1. The van der Waals surface area contributed by atoms with Crippen LogP contribution in [0.15, 0.2) is 144 Å². The first-order chi connectivity index (χ1) is 21.8. The topological polar surface area (TPSA) is 43.9 Å². The second kappa shape index (κ2) is 8.76. The Hall–Kier alpha value is -6.00. The van der Waals surface area contributed by atoms with Crippen LogP contribution in [0.25, 0.3) is 93.3 Å². The highest BCUT2D eigenvalue weighted by atomic mass is 16.3. The zero-order valence-electron chi connectivity index (χ0n) is 23.5. The number of aromatic nitrogens is 3. The Morgan fingerprint density at radius 1 is 0.545 bits per heavy atom. The molecule has 0 atom stereocenters. The summed E-state index contributed by atoms with van der Waals surface area (Å²) >= 11 is 0. The van der Waals surface area contributed by atoms with Crippen LogP contribution in [0.1, 0.15) is 0 Å². The highest BCUT2D eigenvalue weighted by Crippen LogP contribution is 2.47. The second-order valence-electron chi connectivity index (χ2n) is 11.4. The molecule has 0 radical (unpaired) electrons. The lowest BCUT2D eigenvalue weighted by molar-refractivity contribution is 0.671. The van der Waals surface area contributed by atoms with Crippen molar-refractivity contribution in [3.8, 4) is 16.9 Å². The lowest BCUT2D eigenvalue weighted by Crippen LogP contribution is -1.96. The number of benzene rings is 7. The predicted molar refractivity (Wildman–Crippen MR) is 182 cm³/mol. The predicted octanol–water partition coefficient (Wildman–Crippen LogP) is 10.6. The Balaban J connectivity index is 1.36. The minimum Gasteiger partial charge on any atom is -0.454 e. The van der Waals surface area contributed by atoms with Gasteiger partial charge in [-0.05, 0) is 51.9 Å². The molecule has 0 unspecified atom stereocenters. The quantitative estimate of drug-likeness (QED) is 0.211. The molecular formula is C40H23N3O. The van der Waals surface area contributed by atoms with Crippen LogP contribution in [0.4, 0.5) is 0 Å². The molecule has 0 aliphatic rings. The molecule has 4 nitrogen and oxygen atoms in total. The molecule has 10 aromatic rings. The molecule has 4 heteroatoms. The summed E-state index contributed by atoms with van der Waals surface area (Å²) in [4.78, 5) is 9.82. The van der Waals surface area contributed by atoms with E-state index in [1.165, 1.54) is 32.3 Å². The van der Waals surface area contributed by atoms with E-state index in [0.717, 1.165) is 61.0 Å². The maximum Gasteiger partial charge on any atom is 0.160 e. The molecule has 0 amide bonds. The normalized spacial score (nSPS) is 12.1. The fraction of sp³-hybridized carbons (Fsp3) is 0. The number of fused-ring (bicyclic) bond motifs is 13. The molecule has 0 aliphatic carbocycles. The van der Waals surface area contributed by atoms with Gasteiger partial charge < -0.3 is 8.98 Å². The van der Waals surface area contributed by atoms with E-state index in [1.54, 1.807) is 0 Å². The fourth-order valence-electron chi connectivity index (χ4n) is 7.09. The Morgan fingerprint density at radius 2 is 1.27 bits per heavy atom. The third-order valence-electron chi connectivity index (χ3n) is 8.99. The molecule has 0 N–H and O–H groups in total. The zero-order chi connectivity index (χ0) is 28.8. The molecule has 0 saturated carbocycles. The molecule has 7 aromatic carbocycles. The van der Waals surface area contributed by atoms with Gasteiger partial charge in [0.15, 0.2) is 5.58 Å². The Labute approximate surface area is 251 Å². The van der Waals surface area contributed by atoms with Crippen molar-refractivity contribution >= 4 is 76.3 Å². The van der Waals surface area contributed by atoms with E-state index in [9.17, 15) is 0 Å². The lowest BCUT2D eigenvalue weighted by Gasteiger charge is -2.11. The molecule has 0 aliphatic heterocycles. The smallest absolute Gasteiger partial charge is 0.160 e. The zero-order valence-corrected chi connectivity index (χ0v) is 23.5. The maximum absolute atomic E-state index is 6.88. The molecular weight excluding hydrogens is 538 g/mol. The second-order valence-corrected chi connectivity index (χ2v) is 11.4. The molecule has 0 bridgehead atoms. The van der Waals surface area contributed by atoms with Crippen molar-refractivity contribution in [1.29, 1.82) is 0 Å². The molecule has 10 rings (SSSR count). The van der Waals surface area contributed by atoms with Crippen LogP contribution >= 0.6 is 0 Å². The summed E-state index contributed by atoms with van der Waals surface area (Å²) < 4.78 is 9.22. The van der Waals surface area contributed by atoms with E-state index in [4.69, 9.17) is 14.4 Å². The Bertz CT molecular complexity index is 2770. The largest absolute Gasteiger partial charge is 0.454 e. The lowest BCUT2D eigenvalue weighted by atomic mass is 9.96. The van der Waals surface area contributed by atoms with Crippen LogP contribution in [0, 0.1) is 0 Å². The molecule has 204 valence electrons. The first-order valence-corrected chi connectivity index (χ1v) is 14.8.